The molecule has 2 aliphatic rings. The molecule has 2 atom stereocenters. The number of aromatic nitrogens is 1. The second kappa shape index (κ2) is 5.77. The number of benzene rings is 1. The first-order chi connectivity index (χ1) is 12.0. The van der Waals surface area contributed by atoms with Crippen LogP contribution in [0.1, 0.15) is 16.8 Å². The Bertz CT molecular complexity index is 921. The van der Waals surface area contributed by atoms with Crippen molar-refractivity contribution >= 4 is 23.2 Å². The highest BCUT2D eigenvalue weighted by Gasteiger charge is 2.41. The number of nitrogens with one attached hydrogen (secondary N) is 2. The van der Waals surface area contributed by atoms with Crippen LogP contribution in [0.4, 0.5) is 11.4 Å². The highest BCUT2D eigenvalue weighted by atomic mass is 16.2. The number of pyridine rings is 1. The Balaban J connectivity index is 1.55. The van der Waals surface area contributed by atoms with Crippen LogP contribution < -0.4 is 21.1 Å². The molecule has 1 aromatic carbocycles. The molecule has 0 bridgehead atoms. The fourth-order valence-corrected chi connectivity index (χ4v) is 3.53. The van der Waals surface area contributed by atoms with Gasteiger partial charge in [0.1, 0.15) is 11.6 Å². The van der Waals surface area contributed by atoms with E-state index >= 15 is 0 Å². The SMILES string of the molecule is Cn1cccc(C(=O)N[C@@H]2C[C@@H]3C(=O)Nc4ccccc4N3C2)c1=O. The van der Waals surface area contributed by atoms with Gasteiger partial charge in [0.2, 0.25) is 5.91 Å². The number of anilines is 2. The Morgan fingerprint density at radius 2 is 2.00 bits per heavy atom. The second-order valence-electron chi connectivity index (χ2n) is 6.42. The van der Waals surface area contributed by atoms with Crippen molar-refractivity contribution in [3.05, 3.63) is 58.5 Å². The number of para-hydroxylation sites is 2. The molecule has 0 unspecified atom stereocenters. The van der Waals surface area contributed by atoms with Gasteiger partial charge in [-0.2, -0.15) is 0 Å². The summed E-state index contributed by atoms with van der Waals surface area (Å²) in [6, 6.07) is 10.3. The van der Waals surface area contributed by atoms with Gasteiger partial charge in [0, 0.05) is 25.8 Å². The molecule has 128 valence electrons. The molecule has 4 rings (SSSR count). The van der Waals surface area contributed by atoms with Crippen molar-refractivity contribution in [2.75, 3.05) is 16.8 Å². The molecule has 1 saturated heterocycles. The van der Waals surface area contributed by atoms with Crippen molar-refractivity contribution in [3.63, 3.8) is 0 Å². The molecule has 7 nitrogen and oxygen atoms in total. The first kappa shape index (κ1) is 15.4. The molecule has 0 spiro atoms. The summed E-state index contributed by atoms with van der Waals surface area (Å²) in [5, 5.41) is 5.80. The number of carbonyl (C=O) groups is 2. The number of aryl methyl sites for hydroxylation is 1. The van der Waals surface area contributed by atoms with Gasteiger partial charge in [-0.25, -0.2) is 0 Å². The third-order valence-electron chi connectivity index (χ3n) is 4.78. The van der Waals surface area contributed by atoms with E-state index in [4.69, 9.17) is 0 Å². The third kappa shape index (κ3) is 2.57. The molecule has 0 aliphatic carbocycles. The first-order valence-corrected chi connectivity index (χ1v) is 8.17. The van der Waals surface area contributed by atoms with E-state index in [2.05, 4.69) is 10.6 Å². The van der Waals surface area contributed by atoms with Gasteiger partial charge in [-0.1, -0.05) is 12.1 Å². The monoisotopic (exact) mass is 338 g/mol. The van der Waals surface area contributed by atoms with Crippen molar-refractivity contribution in [2.45, 2.75) is 18.5 Å². The normalized spacial score (nSPS) is 21.3. The number of carbonyl (C=O) groups excluding carboxylic acids is 2. The zero-order chi connectivity index (χ0) is 17.6. The highest BCUT2D eigenvalue weighted by Crippen LogP contribution is 2.36. The maximum Gasteiger partial charge on any atom is 0.263 e. The summed E-state index contributed by atoms with van der Waals surface area (Å²) in [6.07, 6.45) is 2.12. The largest absolute Gasteiger partial charge is 0.356 e. The van der Waals surface area contributed by atoms with Gasteiger partial charge in [-0.15, -0.1) is 0 Å². The predicted octanol–water partition coefficient (Wildman–Crippen LogP) is 0.715. The molecule has 0 saturated carbocycles. The Labute approximate surface area is 144 Å². The van der Waals surface area contributed by atoms with Crippen molar-refractivity contribution in [2.24, 2.45) is 7.05 Å². The fraction of sp³-hybridized carbons (Fsp3) is 0.278. The fourth-order valence-electron chi connectivity index (χ4n) is 3.53. The lowest BCUT2D eigenvalue weighted by atomic mass is 10.1. The Hall–Kier alpha value is -3.09. The Kier molecular flexibility index (Phi) is 3.56. The molecule has 7 heteroatoms. The van der Waals surface area contributed by atoms with E-state index < -0.39 is 5.91 Å². The molecule has 25 heavy (non-hydrogen) atoms. The molecule has 2 aromatic rings. The number of rotatable bonds is 2. The smallest absolute Gasteiger partial charge is 0.263 e. The third-order valence-corrected chi connectivity index (χ3v) is 4.78. The van der Waals surface area contributed by atoms with E-state index in [0.717, 1.165) is 11.4 Å². The van der Waals surface area contributed by atoms with Crippen LogP contribution in [0.25, 0.3) is 0 Å². The quantitative estimate of drug-likeness (QED) is 0.845. The maximum atomic E-state index is 12.5. The average Bonchev–Trinajstić information content (AvgIpc) is 3.02. The number of hydrogen-bond acceptors (Lipinski definition) is 4. The standard InChI is InChI=1S/C18H18N4O3/c1-21-8-4-5-12(18(21)25)16(23)19-11-9-15-17(24)20-13-6-2-3-7-14(13)22(15)10-11/h2-8,11,15H,9-10H2,1H3,(H,19,23)(H,20,24)/t11-,15-/m1/s1. The topological polar surface area (TPSA) is 83.4 Å². The summed E-state index contributed by atoms with van der Waals surface area (Å²) in [5.74, 6) is -0.467. The van der Waals surface area contributed by atoms with Gasteiger partial charge < -0.3 is 20.1 Å². The van der Waals surface area contributed by atoms with E-state index in [9.17, 15) is 14.4 Å². The van der Waals surface area contributed by atoms with Gasteiger partial charge in [0.05, 0.1) is 11.4 Å². The minimum Gasteiger partial charge on any atom is -0.356 e. The Morgan fingerprint density at radius 1 is 1.20 bits per heavy atom. The van der Waals surface area contributed by atoms with Gasteiger partial charge in [-0.3, -0.25) is 14.4 Å². The minimum atomic E-state index is -0.403. The number of nitrogens with zero attached hydrogens (tertiary/aromatic N) is 2. The number of amides is 2. The van der Waals surface area contributed by atoms with Crippen molar-refractivity contribution in [1.82, 2.24) is 9.88 Å². The van der Waals surface area contributed by atoms with E-state index in [-0.39, 0.29) is 29.1 Å². The van der Waals surface area contributed by atoms with Gasteiger partial charge in [-0.05, 0) is 30.7 Å². The maximum absolute atomic E-state index is 12.5. The summed E-state index contributed by atoms with van der Waals surface area (Å²) in [4.78, 5) is 38.9. The van der Waals surface area contributed by atoms with E-state index in [1.807, 2.05) is 29.2 Å². The lowest BCUT2D eigenvalue weighted by Gasteiger charge is -2.32. The van der Waals surface area contributed by atoms with Crippen molar-refractivity contribution < 1.29 is 9.59 Å². The van der Waals surface area contributed by atoms with Crippen LogP contribution in [0.3, 0.4) is 0 Å². The van der Waals surface area contributed by atoms with Gasteiger partial charge in [0.15, 0.2) is 0 Å². The van der Waals surface area contributed by atoms with Crippen molar-refractivity contribution in [3.8, 4) is 0 Å². The summed E-state index contributed by atoms with van der Waals surface area (Å²) < 4.78 is 1.37. The molecule has 2 aliphatic heterocycles. The van der Waals surface area contributed by atoms with Gasteiger partial charge in [0.25, 0.3) is 11.5 Å². The highest BCUT2D eigenvalue weighted by molar-refractivity contribution is 6.04. The van der Waals surface area contributed by atoms with Crippen LogP contribution in [0.5, 0.6) is 0 Å². The second-order valence-corrected chi connectivity index (χ2v) is 6.42. The van der Waals surface area contributed by atoms with Crippen molar-refractivity contribution in [1.29, 1.82) is 0 Å². The Morgan fingerprint density at radius 3 is 2.84 bits per heavy atom. The van der Waals surface area contributed by atoms with Crippen LogP contribution in [0.15, 0.2) is 47.4 Å². The molecule has 1 fully saturated rings. The van der Waals surface area contributed by atoms with Gasteiger partial charge >= 0.3 is 0 Å². The zero-order valence-electron chi connectivity index (χ0n) is 13.7. The molecule has 2 amide bonds. The van der Waals surface area contributed by atoms with Crippen LogP contribution in [-0.4, -0.2) is 35.0 Å². The minimum absolute atomic E-state index is 0.0638. The molecule has 2 N–H and O–H groups in total. The predicted molar refractivity (Wildman–Crippen MR) is 93.8 cm³/mol. The number of fused-ring (bicyclic) bond motifs is 3. The van der Waals surface area contributed by atoms with E-state index in [1.165, 1.54) is 10.6 Å². The van der Waals surface area contributed by atoms with E-state index in [1.54, 1.807) is 19.3 Å². The lowest BCUT2D eigenvalue weighted by Crippen LogP contribution is -2.44. The van der Waals surface area contributed by atoms with Crippen LogP contribution in [0, 0.1) is 0 Å². The first-order valence-electron chi connectivity index (χ1n) is 8.17. The molecule has 0 radical (unpaired) electrons. The number of hydrogen-bond donors (Lipinski definition) is 2. The molecular weight excluding hydrogens is 320 g/mol. The molecular formula is C18H18N4O3. The van der Waals surface area contributed by atoms with Crippen LogP contribution in [0.2, 0.25) is 0 Å². The summed E-state index contributed by atoms with van der Waals surface area (Å²) in [6.45, 7) is 0.536. The summed E-state index contributed by atoms with van der Waals surface area (Å²) in [7, 11) is 1.61. The average molecular weight is 338 g/mol. The lowest BCUT2D eigenvalue weighted by molar-refractivity contribution is -0.117. The van der Waals surface area contributed by atoms with Crippen LogP contribution in [-0.2, 0) is 11.8 Å². The molecule has 3 heterocycles. The molecule has 1 aromatic heterocycles. The van der Waals surface area contributed by atoms with Crippen LogP contribution >= 0.6 is 0 Å². The summed E-state index contributed by atoms with van der Waals surface area (Å²) >= 11 is 0. The summed E-state index contributed by atoms with van der Waals surface area (Å²) in [5.41, 5.74) is 1.52. The zero-order valence-corrected chi connectivity index (χ0v) is 13.7. The van der Waals surface area contributed by atoms with E-state index in [0.29, 0.717) is 13.0 Å².